The first-order valence-corrected chi connectivity index (χ1v) is 9.21. The normalized spacial score (nSPS) is 21.0. The Morgan fingerprint density at radius 3 is 2.59 bits per heavy atom. The van der Waals surface area contributed by atoms with Crippen LogP contribution in [0.5, 0.6) is 0 Å². The number of benzene rings is 1. The second-order valence-corrected chi connectivity index (χ2v) is 6.91. The average Bonchev–Trinajstić information content (AvgIpc) is 2.54. The minimum atomic E-state index is -0.352. The van der Waals surface area contributed by atoms with E-state index in [9.17, 15) is 5.11 Å². The molecular formula is C20H33NO. The lowest BCUT2D eigenvalue weighted by Gasteiger charge is -2.34. The van der Waals surface area contributed by atoms with Crippen LogP contribution in [0, 0.1) is 0 Å². The number of aryl methyl sites for hydroxylation is 1. The number of likely N-dealkylation sites (tertiary alicyclic amines) is 1. The van der Waals surface area contributed by atoms with Gasteiger partial charge < -0.3 is 5.11 Å². The second kappa shape index (κ2) is 9.32. The maximum Gasteiger partial charge on any atom is 0.0917 e. The maximum absolute atomic E-state index is 10.5. The Kier molecular flexibility index (Phi) is 7.41. The van der Waals surface area contributed by atoms with E-state index in [1.807, 2.05) is 0 Å². The molecule has 0 saturated carbocycles. The fourth-order valence-corrected chi connectivity index (χ4v) is 3.42. The van der Waals surface area contributed by atoms with E-state index in [-0.39, 0.29) is 6.10 Å². The van der Waals surface area contributed by atoms with Gasteiger partial charge in [-0.15, -0.1) is 0 Å². The molecular weight excluding hydrogens is 270 g/mol. The fourth-order valence-electron chi connectivity index (χ4n) is 3.42. The van der Waals surface area contributed by atoms with Gasteiger partial charge in [-0.05, 0) is 50.3 Å². The van der Waals surface area contributed by atoms with Crippen molar-refractivity contribution in [1.82, 2.24) is 4.90 Å². The van der Waals surface area contributed by atoms with Gasteiger partial charge in [0.05, 0.1) is 6.10 Å². The number of piperidine rings is 1. The summed E-state index contributed by atoms with van der Waals surface area (Å²) in [6, 6.07) is 9.25. The van der Waals surface area contributed by atoms with Crippen molar-refractivity contribution in [1.29, 1.82) is 0 Å². The number of rotatable bonds is 8. The summed E-state index contributed by atoms with van der Waals surface area (Å²) in [6.45, 7) is 6.44. The average molecular weight is 303 g/mol. The minimum absolute atomic E-state index is 0.352. The molecule has 0 bridgehead atoms. The van der Waals surface area contributed by atoms with E-state index < -0.39 is 0 Å². The van der Waals surface area contributed by atoms with Gasteiger partial charge >= 0.3 is 0 Å². The number of hydrogen-bond acceptors (Lipinski definition) is 2. The Hall–Kier alpha value is -0.860. The molecule has 124 valence electrons. The van der Waals surface area contributed by atoms with E-state index in [1.165, 1.54) is 56.9 Å². The standard InChI is InChI=1S/C20H33NO/c1-3-4-5-6-10-18-11-13-19(14-12-18)20(22)16-21-15-8-7-9-17(21)2/h11-14,17,20,22H,3-10,15-16H2,1-2H3. The molecule has 2 unspecified atom stereocenters. The van der Waals surface area contributed by atoms with E-state index in [2.05, 4.69) is 43.0 Å². The Balaban J connectivity index is 1.81. The van der Waals surface area contributed by atoms with E-state index in [1.54, 1.807) is 0 Å². The molecule has 0 spiro atoms. The van der Waals surface area contributed by atoms with Crippen LogP contribution in [-0.2, 0) is 6.42 Å². The van der Waals surface area contributed by atoms with Crippen LogP contribution in [0.1, 0.15) is 76.0 Å². The summed E-state index contributed by atoms with van der Waals surface area (Å²) >= 11 is 0. The van der Waals surface area contributed by atoms with Gasteiger partial charge in [-0.25, -0.2) is 0 Å². The molecule has 1 N–H and O–H groups in total. The Labute approximate surface area is 136 Å². The SMILES string of the molecule is CCCCCCc1ccc(C(O)CN2CCCCC2C)cc1. The van der Waals surface area contributed by atoms with Crippen molar-refractivity contribution in [3.63, 3.8) is 0 Å². The second-order valence-electron chi connectivity index (χ2n) is 6.91. The number of unbranched alkanes of at least 4 members (excludes halogenated alkanes) is 3. The third kappa shape index (κ3) is 5.40. The molecule has 1 aromatic carbocycles. The number of aliphatic hydroxyl groups excluding tert-OH is 1. The molecule has 2 nitrogen and oxygen atoms in total. The molecule has 0 aliphatic carbocycles. The molecule has 1 aliphatic heterocycles. The van der Waals surface area contributed by atoms with Crippen LogP contribution in [0.2, 0.25) is 0 Å². The summed E-state index contributed by atoms with van der Waals surface area (Å²) in [4.78, 5) is 2.44. The predicted molar refractivity (Wildman–Crippen MR) is 94.1 cm³/mol. The zero-order valence-electron chi connectivity index (χ0n) is 14.4. The third-order valence-electron chi connectivity index (χ3n) is 5.03. The first-order valence-electron chi connectivity index (χ1n) is 9.21. The lowest BCUT2D eigenvalue weighted by Crippen LogP contribution is -2.40. The molecule has 1 fully saturated rings. The minimum Gasteiger partial charge on any atom is -0.387 e. The summed E-state index contributed by atoms with van der Waals surface area (Å²) in [7, 11) is 0. The predicted octanol–water partition coefficient (Wildman–Crippen LogP) is 4.72. The zero-order valence-corrected chi connectivity index (χ0v) is 14.4. The Bertz CT molecular complexity index is 414. The molecule has 2 heteroatoms. The smallest absolute Gasteiger partial charge is 0.0917 e. The van der Waals surface area contributed by atoms with E-state index in [0.29, 0.717) is 6.04 Å². The summed E-state index contributed by atoms with van der Waals surface area (Å²) in [6.07, 6.45) is 9.92. The molecule has 1 heterocycles. The molecule has 22 heavy (non-hydrogen) atoms. The van der Waals surface area contributed by atoms with E-state index in [0.717, 1.165) is 18.7 Å². The number of β-amino-alcohol motifs (C(OH)–C–C–N with tert-alkyl or cyclic N) is 1. The van der Waals surface area contributed by atoms with Crippen LogP contribution in [0.3, 0.4) is 0 Å². The fraction of sp³-hybridized carbons (Fsp3) is 0.700. The van der Waals surface area contributed by atoms with Gasteiger partial charge in [0, 0.05) is 12.6 Å². The Morgan fingerprint density at radius 2 is 1.91 bits per heavy atom. The summed E-state index contributed by atoms with van der Waals surface area (Å²) in [5.41, 5.74) is 2.47. The Morgan fingerprint density at radius 1 is 1.14 bits per heavy atom. The summed E-state index contributed by atoms with van der Waals surface area (Å²) in [5.74, 6) is 0. The van der Waals surface area contributed by atoms with Gasteiger partial charge in [0.15, 0.2) is 0 Å². The highest BCUT2D eigenvalue weighted by molar-refractivity contribution is 5.24. The van der Waals surface area contributed by atoms with Crippen molar-refractivity contribution in [2.75, 3.05) is 13.1 Å². The number of hydrogen-bond donors (Lipinski definition) is 1. The van der Waals surface area contributed by atoms with Crippen LogP contribution < -0.4 is 0 Å². The van der Waals surface area contributed by atoms with E-state index in [4.69, 9.17) is 0 Å². The molecule has 0 aromatic heterocycles. The molecule has 0 amide bonds. The third-order valence-corrected chi connectivity index (χ3v) is 5.03. The maximum atomic E-state index is 10.5. The first-order chi connectivity index (χ1) is 10.7. The molecule has 1 aromatic rings. The number of aliphatic hydroxyl groups is 1. The van der Waals surface area contributed by atoms with Gasteiger partial charge in [-0.1, -0.05) is 56.9 Å². The van der Waals surface area contributed by atoms with Gasteiger partial charge in [-0.3, -0.25) is 4.90 Å². The number of nitrogens with zero attached hydrogens (tertiary/aromatic N) is 1. The van der Waals surface area contributed by atoms with Crippen LogP contribution in [0.25, 0.3) is 0 Å². The molecule has 2 rings (SSSR count). The topological polar surface area (TPSA) is 23.5 Å². The van der Waals surface area contributed by atoms with Crippen LogP contribution in [0.4, 0.5) is 0 Å². The van der Waals surface area contributed by atoms with Crippen molar-refractivity contribution in [3.05, 3.63) is 35.4 Å². The zero-order chi connectivity index (χ0) is 15.8. The van der Waals surface area contributed by atoms with Crippen molar-refractivity contribution in [2.24, 2.45) is 0 Å². The molecule has 2 atom stereocenters. The molecule has 0 radical (unpaired) electrons. The highest BCUT2D eigenvalue weighted by atomic mass is 16.3. The van der Waals surface area contributed by atoms with Crippen molar-refractivity contribution < 1.29 is 5.11 Å². The van der Waals surface area contributed by atoms with Crippen molar-refractivity contribution in [2.45, 2.75) is 77.4 Å². The first kappa shape index (κ1) is 17.5. The lowest BCUT2D eigenvalue weighted by molar-refractivity contribution is 0.0732. The van der Waals surface area contributed by atoms with Crippen molar-refractivity contribution in [3.8, 4) is 0 Å². The van der Waals surface area contributed by atoms with Gasteiger partial charge in [-0.2, -0.15) is 0 Å². The van der Waals surface area contributed by atoms with Crippen LogP contribution in [-0.4, -0.2) is 29.1 Å². The largest absolute Gasteiger partial charge is 0.387 e. The highest BCUT2D eigenvalue weighted by Crippen LogP contribution is 2.22. The van der Waals surface area contributed by atoms with Crippen LogP contribution in [0.15, 0.2) is 24.3 Å². The molecule has 1 aliphatic rings. The quantitative estimate of drug-likeness (QED) is 0.703. The highest BCUT2D eigenvalue weighted by Gasteiger charge is 2.21. The summed E-state index contributed by atoms with van der Waals surface area (Å²) in [5, 5.41) is 10.5. The monoisotopic (exact) mass is 303 g/mol. The van der Waals surface area contributed by atoms with Crippen molar-refractivity contribution >= 4 is 0 Å². The summed E-state index contributed by atoms with van der Waals surface area (Å²) < 4.78 is 0. The van der Waals surface area contributed by atoms with Gasteiger partial charge in [0.2, 0.25) is 0 Å². The van der Waals surface area contributed by atoms with Gasteiger partial charge in [0.25, 0.3) is 0 Å². The van der Waals surface area contributed by atoms with Crippen LogP contribution >= 0.6 is 0 Å². The molecule has 1 saturated heterocycles. The van der Waals surface area contributed by atoms with Gasteiger partial charge in [0.1, 0.15) is 0 Å². The lowest BCUT2D eigenvalue weighted by atomic mass is 10.00. The van der Waals surface area contributed by atoms with E-state index >= 15 is 0 Å².